The summed E-state index contributed by atoms with van der Waals surface area (Å²) in [4.78, 5) is 10.7. The maximum absolute atomic E-state index is 10.7. The summed E-state index contributed by atoms with van der Waals surface area (Å²) in [5.41, 5.74) is 5.59. The third kappa shape index (κ3) is 2.29. The van der Waals surface area contributed by atoms with Crippen LogP contribution in [0.5, 0.6) is 11.5 Å². The van der Waals surface area contributed by atoms with E-state index in [2.05, 4.69) is 4.74 Å². The fourth-order valence-corrected chi connectivity index (χ4v) is 0.854. The quantitative estimate of drug-likeness (QED) is 0.419. The Bertz CT molecular complexity index is 338. The number of hydrogen-bond donors (Lipinski definition) is 2. The van der Waals surface area contributed by atoms with E-state index in [0.29, 0.717) is 0 Å². The number of ether oxygens (including phenoxy) is 2. The van der Waals surface area contributed by atoms with Crippen molar-refractivity contribution in [2.75, 3.05) is 19.5 Å². The lowest BCUT2D eigenvalue weighted by Gasteiger charge is -2.08. The largest absolute Gasteiger partial charge is 0.506 e. The minimum Gasteiger partial charge on any atom is -0.506 e. The van der Waals surface area contributed by atoms with Gasteiger partial charge in [0.2, 0.25) is 0 Å². The van der Waals surface area contributed by atoms with Crippen LogP contribution in [0.3, 0.4) is 0 Å². The lowest BCUT2D eigenvalue weighted by atomic mass is 10.3. The normalized spacial score (nSPS) is 9.50. The molecular formula is C9H11NO4. The second-order valence-corrected chi connectivity index (χ2v) is 2.55. The smallest absolute Gasteiger partial charge is 0.343 e. The highest BCUT2D eigenvalue weighted by Crippen LogP contribution is 2.29. The second-order valence-electron chi connectivity index (χ2n) is 2.55. The predicted molar refractivity (Wildman–Crippen MR) is 50.0 cm³/mol. The SMILES string of the molecule is COC(=O)COc1cccc(O)c1N. The Morgan fingerprint density at radius 1 is 1.57 bits per heavy atom. The average molecular weight is 197 g/mol. The molecule has 1 aromatic rings. The summed E-state index contributed by atoms with van der Waals surface area (Å²) in [5, 5.41) is 9.20. The number of anilines is 1. The molecule has 3 N–H and O–H groups in total. The molecule has 5 heteroatoms. The predicted octanol–water partition coefficient (Wildman–Crippen LogP) is 0.526. The fraction of sp³-hybridized carbons (Fsp3) is 0.222. The number of nitrogens with two attached hydrogens (primary N) is 1. The molecule has 0 amide bonds. The highest BCUT2D eigenvalue weighted by Gasteiger charge is 2.07. The van der Waals surface area contributed by atoms with E-state index in [9.17, 15) is 9.90 Å². The molecule has 0 saturated heterocycles. The van der Waals surface area contributed by atoms with Gasteiger partial charge in [0.1, 0.15) is 17.2 Å². The van der Waals surface area contributed by atoms with Gasteiger partial charge < -0.3 is 20.3 Å². The Balaban J connectivity index is 2.68. The minimum absolute atomic E-state index is 0.0765. The van der Waals surface area contributed by atoms with E-state index in [1.54, 1.807) is 12.1 Å². The van der Waals surface area contributed by atoms with Crippen LogP contribution in [0.2, 0.25) is 0 Å². The zero-order valence-electron chi connectivity index (χ0n) is 7.69. The molecule has 0 bridgehead atoms. The van der Waals surface area contributed by atoms with Gasteiger partial charge in [-0.15, -0.1) is 0 Å². The third-order valence-corrected chi connectivity index (χ3v) is 1.62. The number of methoxy groups -OCH3 is 1. The van der Waals surface area contributed by atoms with Gasteiger partial charge in [-0.25, -0.2) is 4.79 Å². The highest BCUT2D eigenvalue weighted by molar-refractivity contribution is 5.71. The van der Waals surface area contributed by atoms with E-state index in [1.807, 2.05) is 0 Å². The Kier molecular flexibility index (Phi) is 3.17. The lowest BCUT2D eigenvalue weighted by molar-refractivity contribution is -0.142. The maximum Gasteiger partial charge on any atom is 0.343 e. The number of carbonyl (C=O) groups excluding carboxylic acids is 1. The molecule has 0 unspecified atom stereocenters. The molecule has 14 heavy (non-hydrogen) atoms. The van der Waals surface area contributed by atoms with Crippen LogP contribution < -0.4 is 10.5 Å². The van der Waals surface area contributed by atoms with E-state index in [4.69, 9.17) is 10.5 Å². The molecule has 0 aromatic heterocycles. The Hall–Kier alpha value is -1.91. The van der Waals surface area contributed by atoms with Gasteiger partial charge in [0.05, 0.1) is 7.11 Å². The van der Waals surface area contributed by atoms with Crippen LogP contribution in [0, 0.1) is 0 Å². The lowest BCUT2D eigenvalue weighted by Crippen LogP contribution is -2.13. The first-order valence-corrected chi connectivity index (χ1v) is 3.92. The number of phenols is 1. The Morgan fingerprint density at radius 3 is 2.93 bits per heavy atom. The molecule has 1 aromatic carbocycles. The van der Waals surface area contributed by atoms with Crippen LogP contribution in [0.4, 0.5) is 5.69 Å². The number of rotatable bonds is 3. The molecule has 1 rings (SSSR count). The molecule has 76 valence electrons. The number of hydrogen-bond acceptors (Lipinski definition) is 5. The van der Waals surface area contributed by atoms with Crippen molar-refractivity contribution in [1.82, 2.24) is 0 Å². The number of benzene rings is 1. The van der Waals surface area contributed by atoms with Crippen molar-refractivity contribution in [2.45, 2.75) is 0 Å². The monoisotopic (exact) mass is 197 g/mol. The van der Waals surface area contributed by atoms with Crippen molar-refractivity contribution in [2.24, 2.45) is 0 Å². The number of nitrogen functional groups attached to an aromatic ring is 1. The molecule has 0 aliphatic heterocycles. The van der Waals surface area contributed by atoms with Crippen molar-refractivity contribution < 1.29 is 19.4 Å². The van der Waals surface area contributed by atoms with Crippen LogP contribution in [-0.4, -0.2) is 24.8 Å². The van der Waals surface area contributed by atoms with Gasteiger partial charge in [0.25, 0.3) is 0 Å². The van der Waals surface area contributed by atoms with Crippen LogP contribution in [0.15, 0.2) is 18.2 Å². The number of phenolic OH excluding ortho intramolecular Hbond substituents is 1. The van der Waals surface area contributed by atoms with E-state index in [0.717, 1.165) is 0 Å². The number of carbonyl (C=O) groups is 1. The molecule has 0 radical (unpaired) electrons. The molecule has 0 aliphatic carbocycles. The summed E-state index contributed by atoms with van der Waals surface area (Å²) in [5.74, 6) is -0.324. The van der Waals surface area contributed by atoms with Gasteiger partial charge in [-0.2, -0.15) is 0 Å². The Labute approximate surface area is 81.0 Å². The van der Waals surface area contributed by atoms with E-state index in [1.165, 1.54) is 13.2 Å². The Morgan fingerprint density at radius 2 is 2.29 bits per heavy atom. The summed E-state index contributed by atoms with van der Waals surface area (Å²) in [7, 11) is 1.26. The standard InChI is InChI=1S/C9H11NO4/c1-13-8(12)5-14-7-4-2-3-6(11)9(7)10/h2-4,11H,5,10H2,1H3. The first kappa shape index (κ1) is 10.2. The summed E-state index contributed by atoms with van der Waals surface area (Å²) in [6, 6.07) is 4.55. The highest BCUT2D eigenvalue weighted by atomic mass is 16.6. The molecule has 0 spiro atoms. The van der Waals surface area contributed by atoms with Crippen molar-refractivity contribution in [1.29, 1.82) is 0 Å². The van der Waals surface area contributed by atoms with Crippen LogP contribution >= 0.6 is 0 Å². The summed E-state index contributed by atoms with van der Waals surface area (Å²) in [6.07, 6.45) is 0. The molecule has 0 aliphatic rings. The van der Waals surface area contributed by atoms with Crippen LogP contribution in [-0.2, 0) is 9.53 Å². The molecule has 0 atom stereocenters. The van der Waals surface area contributed by atoms with Gasteiger partial charge in [0.15, 0.2) is 6.61 Å². The molecule has 0 fully saturated rings. The fourth-order valence-electron chi connectivity index (χ4n) is 0.854. The molecule has 0 heterocycles. The number of para-hydroxylation sites is 1. The summed E-state index contributed by atoms with van der Waals surface area (Å²) < 4.78 is 9.39. The topological polar surface area (TPSA) is 81.8 Å². The average Bonchev–Trinajstić information content (AvgIpc) is 2.20. The van der Waals surface area contributed by atoms with Crippen molar-refractivity contribution in [3.8, 4) is 11.5 Å². The zero-order chi connectivity index (χ0) is 10.6. The van der Waals surface area contributed by atoms with Crippen LogP contribution in [0.25, 0.3) is 0 Å². The van der Waals surface area contributed by atoms with Gasteiger partial charge in [-0.3, -0.25) is 0 Å². The number of esters is 1. The number of aromatic hydroxyl groups is 1. The zero-order valence-corrected chi connectivity index (χ0v) is 7.69. The van der Waals surface area contributed by atoms with Gasteiger partial charge in [-0.1, -0.05) is 6.07 Å². The third-order valence-electron chi connectivity index (χ3n) is 1.62. The summed E-state index contributed by atoms with van der Waals surface area (Å²) >= 11 is 0. The molecule has 5 nitrogen and oxygen atoms in total. The maximum atomic E-state index is 10.7. The van der Waals surface area contributed by atoms with E-state index >= 15 is 0 Å². The molecule has 0 saturated carbocycles. The van der Waals surface area contributed by atoms with E-state index < -0.39 is 5.97 Å². The van der Waals surface area contributed by atoms with Gasteiger partial charge in [-0.05, 0) is 12.1 Å². The minimum atomic E-state index is -0.507. The summed E-state index contributed by atoms with van der Waals surface area (Å²) in [6.45, 7) is -0.232. The first-order chi connectivity index (χ1) is 6.65. The first-order valence-electron chi connectivity index (χ1n) is 3.92. The van der Waals surface area contributed by atoms with Crippen molar-refractivity contribution in [3.63, 3.8) is 0 Å². The second kappa shape index (κ2) is 4.36. The van der Waals surface area contributed by atoms with Crippen molar-refractivity contribution in [3.05, 3.63) is 18.2 Å². The van der Waals surface area contributed by atoms with Crippen molar-refractivity contribution >= 4 is 11.7 Å². The molecular weight excluding hydrogens is 186 g/mol. The van der Waals surface area contributed by atoms with Gasteiger partial charge in [0, 0.05) is 0 Å². The van der Waals surface area contributed by atoms with Crippen LogP contribution in [0.1, 0.15) is 0 Å². The van der Waals surface area contributed by atoms with E-state index in [-0.39, 0.29) is 23.8 Å². The van der Waals surface area contributed by atoms with Gasteiger partial charge >= 0.3 is 5.97 Å².